The molecular formula is C15H16ClN3S. The van der Waals surface area contributed by atoms with Crippen molar-refractivity contribution in [3.05, 3.63) is 38.4 Å². The molecule has 1 saturated carbocycles. The minimum Gasteiger partial charge on any atom is -0.365 e. The van der Waals surface area contributed by atoms with Crippen molar-refractivity contribution in [1.29, 1.82) is 0 Å². The van der Waals surface area contributed by atoms with Crippen molar-refractivity contribution in [2.24, 2.45) is 0 Å². The van der Waals surface area contributed by atoms with Gasteiger partial charge in [0.2, 0.25) is 0 Å². The Morgan fingerprint density at radius 1 is 1.25 bits per heavy atom. The Kier molecular flexibility index (Phi) is 3.15. The van der Waals surface area contributed by atoms with Gasteiger partial charge >= 0.3 is 0 Å². The molecule has 0 spiro atoms. The van der Waals surface area contributed by atoms with Crippen LogP contribution in [0.1, 0.15) is 46.3 Å². The Bertz CT molecular complexity index is 627. The molecule has 2 heterocycles. The zero-order valence-electron chi connectivity index (χ0n) is 11.2. The molecule has 0 atom stereocenters. The van der Waals surface area contributed by atoms with Crippen molar-refractivity contribution in [1.82, 2.24) is 9.97 Å². The summed E-state index contributed by atoms with van der Waals surface area (Å²) in [5, 5.41) is 3.93. The van der Waals surface area contributed by atoms with Crippen LogP contribution in [-0.4, -0.2) is 9.97 Å². The van der Waals surface area contributed by atoms with E-state index in [1.807, 2.05) is 17.4 Å². The highest BCUT2D eigenvalue weighted by molar-refractivity contribution is 7.12. The Labute approximate surface area is 127 Å². The van der Waals surface area contributed by atoms with E-state index in [4.69, 9.17) is 11.6 Å². The Hall–Kier alpha value is -1.13. The number of aromatic nitrogens is 2. The Balaban J connectivity index is 1.48. The van der Waals surface area contributed by atoms with Gasteiger partial charge in [-0.3, -0.25) is 0 Å². The average Bonchev–Trinajstić information content (AvgIpc) is 3.06. The number of hydrogen-bond acceptors (Lipinski definition) is 4. The van der Waals surface area contributed by atoms with Gasteiger partial charge in [0.15, 0.2) is 0 Å². The molecule has 1 fully saturated rings. The molecule has 2 aliphatic rings. The summed E-state index contributed by atoms with van der Waals surface area (Å²) in [7, 11) is 0. The van der Waals surface area contributed by atoms with Crippen LogP contribution in [0, 0.1) is 0 Å². The van der Waals surface area contributed by atoms with E-state index in [-0.39, 0.29) is 0 Å². The van der Waals surface area contributed by atoms with E-state index in [0.717, 1.165) is 18.2 Å². The molecule has 0 aromatic carbocycles. The fourth-order valence-corrected chi connectivity index (χ4v) is 4.10. The third-order valence-electron chi connectivity index (χ3n) is 3.90. The van der Waals surface area contributed by atoms with Crippen LogP contribution in [0.5, 0.6) is 0 Å². The summed E-state index contributed by atoms with van der Waals surface area (Å²) in [6.45, 7) is 0.828. The second-order valence-electron chi connectivity index (χ2n) is 5.58. The lowest BCUT2D eigenvalue weighted by Crippen LogP contribution is -2.03. The first-order valence-electron chi connectivity index (χ1n) is 7.17. The van der Waals surface area contributed by atoms with Crippen LogP contribution in [0.3, 0.4) is 0 Å². The van der Waals surface area contributed by atoms with Crippen LogP contribution in [0.4, 0.5) is 5.82 Å². The number of nitrogens with zero attached hydrogens (tertiary/aromatic N) is 2. The predicted molar refractivity (Wildman–Crippen MR) is 82.7 cm³/mol. The number of nitrogens with one attached hydrogen (secondary N) is 1. The zero-order valence-corrected chi connectivity index (χ0v) is 12.7. The molecule has 104 valence electrons. The number of rotatable bonds is 4. The number of fused-ring (bicyclic) bond motifs is 1. The minimum absolute atomic E-state index is 0.528. The third-order valence-corrected chi connectivity index (χ3v) is 5.33. The topological polar surface area (TPSA) is 37.8 Å². The molecular weight excluding hydrogens is 290 g/mol. The maximum Gasteiger partial charge on any atom is 0.135 e. The van der Waals surface area contributed by atoms with Crippen LogP contribution in [0.2, 0.25) is 5.15 Å². The van der Waals surface area contributed by atoms with E-state index in [1.54, 1.807) is 10.4 Å². The standard InChI is InChI=1S/C15H16ClN3S/c16-13-7-14(19-15(18-13)9-4-5-9)17-8-11-6-10-2-1-3-12(10)20-11/h6-7,9H,1-5,8H2,(H,17,18,19). The summed E-state index contributed by atoms with van der Waals surface area (Å²) in [4.78, 5) is 11.8. The van der Waals surface area contributed by atoms with Gasteiger partial charge in [-0.2, -0.15) is 0 Å². The second-order valence-corrected chi connectivity index (χ2v) is 7.19. The fraction of sp³-hybridized carbons (Fsp3) is 0.467. The highest BCUT2D eigenvalue weighted by atomic mass is 35.5. The average molecular weight is 306 g/mol. The molecule has 2 aromatic heterocycles. The van der Waals surface area contributed by atoms with E-state index in [9.17, 15) is 0 Å². The Morgan fingerprint density at radius 2 is 2.15 bits per heavy atom. The predicted octanol–water partition coefficient (Wildman–Crippen LogP) is 4.17. The monoisotopic (exact) mass is 305 g/mol. The van der Waals surface area contributed by atoms with Gasteiger partial charge in [-0.15, -0.1) is 11.3 Å². The first kappa shape index (κ1) is 12.6. The van der Waals surface area contributed by atoms with Gasteiger partial charge in [0.25, 0.3) is 0 Å². The second kappa shape index (κ2) is 5.01. The number of hydrogen-bond donors (Lipinski definition) is 1. The lowest BCUT2D eigenvalue weighted by molar-refractivity contribution is 0.912. The molecule has 0 amide bonds. The quantitative estimate of drug-likeness (QED) is 0.862. The van der Waals surface area contributed by atoms with E-state index in [2.05, 4.69) is 21.4 Å². The smallest absolute Gasteiger partial charge is 0.135 e. The van der Waals surface area contributed by atoms with Gasteiger partial charge < -0.3 is 5.32 Å². The van der Waals surface area contributed by atoms with Gasteiger partial charge in [0, 0.05) is 21.7 Å². The van der Waals surface area contributed by atoms with Crippen LogP contribution in [-0.2, 0) is 19.4 Å². The van der Waals surface area contributed by atoms with Crippen molar-refractivity contribution in [2.75, 3.05) is 5.32 Å². The summed E-state index contributed by atoms with van der Waals surface area (Å²) in [6.07, 6.45) is 6.21. The molecule has 3 nitrogen and oxygen atoms in total. The SMILES string of the molecule is Clc1cc(NCc2cc3c(s2)CCC3)nc(C2CC2)n1. The minimum atomic E-state index is 0.528. The van der Waals surface area contributed by atoms with E-state index in [1.165, 1.54) is 37.0 Å². The van der Waals surface area contributed by atoms with Crippen LogP contribution in [0.15, 0.2) is 12.1 Å². The maximum atomic E-state index is 6.08. The van der Waals surface area contributed by atoms with Gasteiger partial charge in [-0.05, 0) is 43.7 Å². The van der Waals surface area contributed by atoms with Crippen molar-refractivity contribution < 1.29 is 0 Å². The molecule has 0 unspecified atom stereocenters. The van der Waals surface area contributed by atoms with E-state index < -0.39 is 0 Å². The summed E-state index contributed by atoms with van der Waals surface area (Å²) < 4.78 is 0. The van der Waals surface area contributed by atoms with Crippen molar-refractivity contribution in [3.8, 4) is 0 Å². The molecule has 1 N–H and O–H groups in total. The first-order valence-corrected chi connectivity index (χ1v) is 8.36. The lowest BCUT2D eigenvalue weighted by Gasteiger charge is -2.06. The Morgan fingerprint density at radius 3 is 2.95 bits per heavy atom. The van der Waals surface area contributed by atoms with Crippen molar-refractivity contribution in [2.45, 2.75) is 44.6 Å². The van der Waals surface area contributed by atoms with Gasteiger partial charge in [-0.1, -0.05) is 11.6 Å². The maximum absolute atomic E-state index is 6.08. The van der Waals surface area contributed by atoms with Crippen molar-refractivity contribution >= 4 is 28.8 Å². The van der Waals surface area contributed by atoms with Gasteiger partial charge in [0.1, 0.15) is 16.8 Å². The zero-order chi connectivity index (χ0) is 13.5. The van der Waals surface area contributed by atoms with Crippen LogP contribution < -0.4 is 5.32 Å². The van der Waals surface area contributed by atoms with Crippen molar-refractivity contribution in [3.63, 3.8) is 0 Å². The van der Waals surface area contributed by atoms with E-state index in [0.29, 0.717) is 11.1 Å². The summed E-state index contributed by atoms with van der Waals surface area (Å²) in [5.41, 5.74) is 1.55. The number of anilines is 1. The molecule has 4 rings (SSSR count). The van der Waals surface area contributed by atoms with Gasteiger partial charge in [0.05, 0.1) is 6.54 Å². The summed E-state index contributed by atoms with van der Waals surface area (Å²) in [5.74, 6) is 2.27. The first-order chi connectivity index (χ1) is 9.78. The van der Waals surface area contributed by atoms with Crippen LogP contribution in [0.25, 0.3) is 0 Å². The fourth-order valence-electron chi connectivity index (χ4n) is 2.71. The molecule has 0 aliphatic heterocycles. The highest BCUT2D eigenvalue weighted by Gasteiger charge is 2.27. The van der Waals surface area contributed by atoms with E-state index >= 15 is 0 Å². The number of thiophene rings is 1. The number of halogens is 1. The lowest BCUT2D eigenvalue weighted by atomic mass is 10.2. The van der Waals surface area contributed by atoms with Gasteiger partial charge in [-0.25, -0.2) is 9.97 Å². The molecule has 0 bridgehead atoms. The normalized spacial score (nSPS) is 17.2. The molecule has 0 radical (unpaired) electrons. The number of aryl methyl sites for hydroxylation is 2. The molecule has 20 heavy (non-hydrogen) atoms. The summed E-state index contributed by atoms with van der Waals surface area (Å²) in [6, 6.07) is 4.15. The summed E-state index contributed by atoms with van der Waals surface area (Å²) >= 11 is 8.01. The molecule has 2 aromatic rings. The highest BCUT2D eigenvalue weighted by Crippen LogP contribution is 2.39. The molecule has 5 heteroatoms. The molecule has 2 aliphatic carbocycles. The third kappa shape index (κ3) is 2.54. The largest absolute Gasteiger partial charge is 0.365 e. The van der Waals surface area contributed by atoms with Crippen LogP contribution >= 0.6 is 22.9 Å². The molecule has 0 saturated heterocycles.